The molecule has 0 spiro atoms. The third kappa shape index (κ3) is 3.08. The average molecular weight is 221 g/mol. The van der Waals surface area contributed by atoms with Crippen LogP contribution in [-0.4, -0.2) is 21.9 Å². The highest BCUT2D eigenvalue weighted by molar-refractivity contribution is 5.05. The second-order valence-corrected chi connectivity index (χ2v) is 5.12. The molecule has 1 heterocycles. The van der Waals surface area contributed by atoms with Crippen molar-refractivity contribution in [3.8, 4) is 0 Å². The molecule has 1 aromatic heterocycles. The predicted molar refractivity (Wildman–Crippen MR) is 66.4 cm³/mol. The van der Waals surface area contributed by atoms with E-state index in [-0.39, 0.29) is 0 Å². The van der Waals surface area contributed by atoms with Crippen molar-refractivity contribution in [3.63, 3.8) is 0 Å². The molecule has 1 aliphatic rings. The Balaban J connectivity index is 1.82. The SMILES string of the molecule is CCn1cc(CC(C)C(C)NC2CC2)cn1. The van der Waals surface area contributed by atoms with Crippen LogP contribution in [0.4, 0.5) is 0 Å². The number of aromatic nitrogens is 2. The molecule has 0 aromatic carbocycles. The summed E-state index contributed by atoms with van der Waals surface area (Å²) in [4.78, 5) is 0. The van der Waals surface area contributed by atoms with Gasteiger partial charge in [0.15, 0.2) is 0 Å². The first-order chi connectivity index (χ1) is 7.69. The number of nitrogens with zero attached hydrogens (tertiary/aromatic N) is 2. The Morgan fingerprint density at radius 3 is 2.81 bits per heavy atom. The molecule has 1 saturated carbocycles. The van der Waals surface area contributed by atoms with Gasteiger partial charge in [0.25, 0.3) is 0 Å². The van der Waals surface area contributed by atoms with Gasteiger partial charge in [0, 0.05) is 24.8 Å². The molecule has 2 rings (SSSR count). The van der Waals surface area contributed by atoms with Crippen LogP contribution in [0.3, 0.4) is 0 Å². The van der Waals surface area contributed by atoms with E-state index in [2.05, 4.69) is 37.4 Å². The Morgan fingerprint density at radius 1 is 1.50 bits per heavy atom. The fourth-order valence-electron chi connectivity index (χ4n) is 2.02. The monoisotopic (exact) mass is 221 g/mol. The first kappa shape index (κ1) is 11.6. The standard InChI is InChI=1S/C13H23N3/c1-4-16-9-12(8-14-16)7-10(2)11(3)15-13-5-6-13/h8-11,13,15H,4-7H2,1-3H3. The van der Waals surface area contributed by atoms with Crippen molar-refractivity contribution >= 4 is 0 Å². The van der Waals surface area contributed by atoms with Gasteiger partial charge < -0.3 is 5.32 Å². The van der Waals surface area contributed by atoms with E-state index < -0.39 is 0 Å². The molecule has 1 N–H and O–H groups in total. The highest BCUT2D eigenvalue weighted by Gasteiger charge is 2.25. The van der Waals surface area contributed by atoms with Crippen LogP contribution in [0.25, 0.3) is 0 Å². The lowest BCUT2D eigenvalue weighted by Gasteiger charge is -2.20. The quantitative estimate of drug-likeness (QED) is 0.798. The van der Waals surface area contributed by atoms with Crippen LogP contribution in [0.15, 0.2) is 12.4 Å². The lowest BCUT2D eigenvalue weighted by molar-refractivity contribution is 0.395. The predicted octanol–water partition coefficient (Wildman–Crippen LogP) is 2.22. The molecule has 3 nitrogen and oxygen atoms in total. The van der Waals surface area contributed by atoms with Gasteiger partial charge in [-0.1, -0.05) is 6.92 Å². The Morgan fingerprint density at radius 2 is 2.25 bits per heavy atom. The summed E-state index contributed by atoms with van der Waals surface area (Å²) < 4.78 is 2.00. The van der Waals surface area contributed by atoms with Crippen LogP contribution in [0, 0.1) is 5.92 Å². The summed E-state index contributed by atoms with van der Waals surface area (Å²) in [6.45, 7) is 7.71. The van der Waals surface area contributed by atoms with Crippen molar-refractivity contribution < 1.29 is 0 Å². The summed E-state index contributed by atoms with van der Waals surface area (Å²) in [7, 11) is 0. The molecular formula is C13H23N3. The van der Waals surface area contributed by atoms with Gasteiger partial charge in [-0.25, -0.2) is 0 Å². The van der Waals surface area contributed by atoms with E-state index in [0.717, 1.165) is 19.0 Å². The highest BCUT2D eigenvalue weighted by Crippen LogP contribution is 2.21. The van der Waals surface area contributed by atoms with E-state index in [1.54, 1.807) is 0 Å². The van der Waals surface area contributed by atoms with Crippen molar-refractivity contribution in [2.75, 3.05) is 0 Å². The van der Waals surface area contributed by atoms with Gasteiger partial charge in [-0.2, -0.15) is 5.10 Å². The van der Waals surface area contributed by atoms with Crippen LogP contribution >= 0.6 is 0 Å². The summed E-state index contributed by atoms with van der Waals surface area (Å²) in [5.41, 5.74) is 1.36. The zero-order valence-corrected chi connectivity index (χ0v) is 10.6. The minimum Gasteiger partial charge on any atom is -0.311 e. The molecule has 0 amide bonds. The Bertz CT molecular complexity index is 328. The first-order valence-electron chi connectivity index (χ1n) is 6.46. The van der Waals surface area contributed by atoms with Crippen LogP contribution in [-0.2, 0) is 13.0 Å². The molecule has 16 heavy (non-hydrogen) atoms. The maximum Gasteiger partial charge on any atom is 0.0521 e. The lowest BCUT2D eigenvalue weighted by Crippen LogP contribution is -2.34. The summed E-state index contributed by atoms with van der Waals surface area (Å²) >= 11 is 0. The number of aryl methyl sites for hydroxylation is 1. The summed E-state index contributed by atoms with van der Waals surface area (Å²) in [6.07, 6.45) is 8.03. The van der Waals surface area contributed by atoms with Crippen molar-refractivity contribution in [1.82, 2.24) is 15.1 Å². The maximum absolute atomic E-state index is 4.32. The van der Waals surface area contributed by atoms with E-state index in [9.17, 15) is 0 Å². The van der Waals surface area contributed by atoms with Crippen molar-refractivity contribution in [2.45, 2.75) is 58.7 Å². The van der Waals surface area contributed by atoms with E-state index in [1.165, 1.54) is 18.4 Å². The normalized spacial score (nSPS) is 19.7. The van der Waals surface area contributed by atoms with E-state index in [1.807, 2.05) is 10.9 Å². The molecule has 3 heteroatoms. The van der Waals surface area contributed by atoms with Crippen molar-refractivity contribution in [1.29, 1.82) is 0 Å². The topological polar surface area (TPSA) is 29.9 Å². The van der Waals surface area contributed by atoms with E-state index in [4.69, 9.17) is 0 Å². The Hall–Kier alpha value is -0.830. The van der Waals surface area contributed by atoms with Gasteiger partial charge in [0.1, 0.15) is 0 Å². The zero-order chi connectivity index (χ0) is 11.5. The zero-order valence-electron chi connectivity index (χ0n) is 10.6. The van der Waals surface area contributed by atoms with Crippen LogP contribution < -0.4 is 5.32 Å². The number of rotatable bonds is 6. The highest BCUT2D eigenvalue weighted by atomic mass is 15.3. The molecule has 0 bridgehead atoms. The van der Waals surface area contributed by atoms with Crippen LogP contribution in [0.1, 0.15) is 39.2 Å². The molecule has 1 aromatic rings. The minimum atomic E-state index is 0.609. The van der Waals surface area contributed by atoms with Crippen LogP contribution in [0.2, 0.25) is 0 Å². The molecular weight excluding hydrogens is 198 g/mol. The van der Waals surface area contributed by atoms with Gasteiger partial charge in [0.2, 0.25) is 0 Å². The molecule has 2 atom stereocenters. The largest absolute Gasteiger partial charge is 0.311 e. The third-order valence-corrected chi connectivity index (χ3v) is 3.50. The summed E-state index contributed by atoms with van der Waals surface area (Å²) in [5.74, 6) is 0.676. The number of nitrogens with one attached hydrogen (secondary N) is 1. The number of hydrogen-bond acceptors (Lipinski definition) is 2. The first-order valence-corrected chi connectivity index (χ1v) is 6.46. The molecule has 1 fully saturated rings. The lowest BCUT2D eigenvalue weighted by atomic mass is 9.96. The molecule has 0 aliphatic heterocycles. The van der Waals surface area contributed by atoms with Gasteiger partial charge in [0.05, 0.1) is 6.20 Å². The molecule has 0 saturated heterocycles. The molecule has 2 unspecified atom stereocenters. The van der Waals surface area contributed by atoms with Gasteiger partial charge in [-0.15, -0.1) is 0 Å². The summed E-state index contributed by atoms with van der Waals surface area (Å²) in [5, 5.41) is 7.98. The van der Waals surface area contributed by atoms with Crippen molar-refractivity contribution in [3.05, 3.63) is 18.0 Å². The van der Waals surface area contributed by atoms with Gasteiger partial charge in [-0.05, 0) is 44.6 Å². The average Bonchev–Trinajstić information content (AvgIpc) is 2.96. The third-order valence-electron chi connectivity index (χ3n) is 3.50. The van der Waals surface area contributed by atoms with Crippen LogP contribution in [0.5, 0.6) is 0 Å². The smallest absolute Gasteiger partial charge is 0.0521 e. The Kier molecular flexibility index (Phi) is 3.64. The van der Waals surface area contributed by atoms with Crippen molar-refractivity contribution in [2.24, 2.45) is 5.92 Å². The van der Waals surface area contributed by atoms with E-state index >= 15 is 0 Å². The fourth-order valence-corrected chi connectivity index (χ4v) is 2.02. The minimum absolute atomic E-state index is 0.609. The molecule has 0 radical (unpaired) electrons. The Labute approximate surface area is 98.2 Å². The molecule has 1 aliphatic carbocycles. The molecule has 90 valence electrons. The van der Waals surface area contributed by atoms with Gasteiger partial charge in [-0.3, -0.25) is 4.68 Å². The maximum atomic E-state index is 4.32. The fraction of sp³-hybridized carbons (Fsp3) is 0.769. The second-order valence-electron chi connectivity index (χ2n) is 5.12. The summed E-state index contributed by atoms with van der Waals surface area (Å²) in [6, 6.07) is 1.41. The number of hydrogen-bond donors (Lipinski definition) is 1. The second kappa shape index (κ2) is 5.00. The van der Waals surface area contributed by atoms with Gasteiger partial charge >= 0.3 is 0 Å². The van der Waals surface area contributed by atoms with E-state index in [0.29, 0.717) is 12.0 Å².